The summed E-state index contributed by atoms with van der Waals surface area (Å²) in [6, 6.07) is 7.94. The summed E-state index contributed by atoms with van der Waals surface area (Å²) >= 11 is 0. The molecule has 0 saturated heterocycles. The highest BCUT2D eigenvalue weighted by atomic mass is 32.2. The van der Waals surface area contributed by atoms with Crippen LogP contribution >= 0.6 is 0 Å². The van der Waals surface area contributed by atoms with Crippen molar-refractivity contribution in [3.05, 3.63) is 42.7 Å². The lowest BCUT2D eigenvalue weighted by atomic mass is 10.3. The van der Waals surface area contributed by atoms with Gasteiger partial charge in [0, 0.05) is 38.2 Å². The van der Waals surface area contributed by atoms with Gasteiger partial charge in [0.05, 0.1) is 11.5 Å². The predicted molar refractivity (Wildman–Crippen MR) is 97.8 cm³/mol. The molecule has 2 N–H and O–H groups in total. The fraction of sp³-hybridized carbons (Fsp3) is 0.353. The van der Waals surface area contributed by atoms with Crippen LogP contribution in [0.15, 0.2) is 47.6 Å². The number of nitrogens with zero attached hydrogens (tertiary/aromatic N) is 2. The van der Waals surface area contributed by atoms with E-state index in [1.807, 2.05) is 0 Å². The molecule has 0 fully saturated rings. The molecule has 1 amide bonds. The predicted octanol–water partition coefficient (Wildman–Crippen LogP) is 1.27. The Balaban J connectivity index is 1.57. The molecule has 0 bridgehead atoms. The summed E-state index contributed by atoms with van der Waals surface area (Å²) in [6.07, 6.45) is 5.35. The van der Waals surface area contributed by atoms with Crippen LogP contribution in [0.4, 0.5) is 5.95 Å². The zero-order chi connectivity index (χ0) is 18.8. The van der Waals surface area contributed by atoms with Gasteiger partial charge in [0.1, 0.15) is 5.75 Å². The molecule has 26 heavy (non-hydrogen) atoms. The normalized spacial score (nSPS) is 11.0. The Hall–Kier alpha value is -2.68. The van der Waals surface area contributed by atoms with Gasteiger partial charge in [0.2, 0.25) is 11.9 Å². The molecule has 0 saturated carbocycles. The second kappa shape index (κ2) is 9.71. The Morgan fingerprint density at radius 2 is 1.81 bits per heavy atom. The zero-order valence-electron chi connectivity index (χ0n) is 14.5. The fourth-order valence-corrected chi connectivity index (χ4v) is 2.69. The number of carbonyl (C=O) groups excluding carboxylic acids is 1. The molecule has 2 aromatic rings. The first-order chi connectivity index (χ1) is 12.4. The molecule has 0 radical (unpaired) electrons. The van der Waals surface area contributed by atoms with Crippen molar-refractivity contribution in [2.24, 2.45) is 0 Å². The molecular formula is C17H22N4O4S. The first-order valence-electron chi connectivity index (χ1n) is 8.15. The second-order valence-corrected chi connectivity index (χ2v) is 7.56. The average Bonchev–Trinajstić information content (AvgIpc) is 2.63. The van der Waals surface area contributed by atoms with E-state index in [1.54, 1.807) is 30.6 Å². The Morgan fingerprint density at radius 1 is 1.12 bits per heavy atom. The van der Waals surface area contributed by atoms with Gasteiger partial charge in [-0.15, -0.1) is 0 Å². The first-order valence-corrected chi connectivity index (χ1v) is 10.0. The van der Waals surface area contributed by atoms with Gasteiger partial charge < -0.3 is 15.4 Å². The maximum Gasteiger partial charge on any atom is 0.222 e. The van der Waals surface area contributed by atoms with Gasteiger partial charge in [-0.3, -0.25) is 4.79 Å². The third kappa shape index (κ3) is 7.06. The van der Waals surface area contributed by atoms with Gasteiger partial charge in [0.25, 0.3) is 0 Å². The fourth-order valence-electron chi connectivity index (χ4n) is 2.06. The molecule has 0 aliphatic heterocycles. The Morgan fingerprint density at radius 3 is 2.46 bits per heavy atom. The van der Waals surface area contributed by atoms with E-state index in [9.17, 15) is 13.2 Å². The molecule has 0 atom stereocenters. The van der Waals surface area contributed by atoms with Gasteiger partial charge in [-0.05, 0) is 36.8 Å². The second-order valence-electron chi connectivity index (χ2n) is 5.54. The van der Waals surface area contributed by atoms with Crippen molar-refractivity contribution >= 4 is 21.7 Å². The maximum absolute atomic E-state index is 11.7. The highest BCUT2D eigenvalue weighted by Gasteiger charge is 2.06. The summed E-state index contributed by atoms with van der Waals surface area (Å²) in [4.78, 5) is 20.0. The molecule has 0 unspecified atom stereocenters. The van der Waals surface area contributed by atoms with Crippen LogP contribution in [-0.4, -0.2) is 50.2 Å². The summed E-state index contributed by atoms with van der Waals surface area (Å²) in [5.41, 5.74) is 0. The number of hydrogen-bond donors (Lipinski definition) is 2. The van der Waals surface area contributed by atoms with Gasteiger partial charge in [0.15, 0.2) is 9.84 Å². The van der Waals surface area contributed by atoms with Gasteiger partial charge in [-0.1, -0.05) is 0 Å². The van der Waals surface area contributed by atoms with Crippen molar-refractivity contribution in [3.8, 4) is 5.75 Å². The van der Waals surface area contributed by atoms with E-state index >= 15 is 0 Å². The highest BCUT2D eigenvalue weighted by Crippen LogP contribution is 2.16. The molecular weight excluding hydrogens is 356 g/mol. The van der Waals surface area contributed by atoms with Crippen molar-refractivity contribution in [2.45, 2.75) is 17.7 Å². The van der Waals surface area contributed by atoms with Crippen LogP contribution in [0.3, 0.4) is 0 Å². The van der Waals surface area contributed by atoms with Crippen molar-refractivity contribution in [3.63, 3.8) is 0 Å². The number of nitrogens with one attached hydrogen (secondary N) is 2. The van der Waals surface area contributed by atoms with E-state index in [4.69, 9.17) is 4.74 Å². The number of hydrogen-bond acceptors (Lipinski definition) is 7. The number of amides is 1. The highest BCUT2D eigenvalue weighted by molar-refractivity contribution is 7.90. The van der Waals surface area contributed by atoms with Crippen LogP contribution in [-0.2, 0) is 14.6 Å². The van der Waals surface area contributed by atoms with Crippen LogP contribution in [0, 0.1) is 0 Å². The smallest absolute Gasteiger partial charge is 0.222 e. The number of ether oxygens (including phenoxy) is 1. The molecule has 1 aromatic carbocycles. The third-order valence-corrected chi connectivity index (χ3v) is 4.49. The Kier molecular flexibility index (Phi) is 7.34. The largest absolute Gasteiger partial charge is 0.494 e. The summed E-state index contributed by atoms with van der Waals surface area (Å²) in [7, 11) is -3.21. The Bertz CT molecular complexity index is 795. The van der Waals surface area contributed by atoms with Crippen molar-refractivity contribution in [2.75, 3.05) is 31.3 Å². The van der Waals surface area contributed by atoms with E-state index in [1.165, 1.54) is 12.1 Å². The topological polar surface area (TPSA) is 110 Å². The van der Waals surface area contributed by atoms with E-state index in [-0.39, 0.29) is 10.8 Å². The van der Waals surface area contributed by atoms with E-state index < -0.39 is 9.84 Å². The van der Waals surface area contributed by atoms with Gasteiger partial charge in [-0.25, -0.2) is 18.4 Å². The average molecular weight is 378 g/mol. The molecule has 9 heteroatoms. The summed E-state index contributed by atoms with van der Waals surface area (Å²) < 4.78 is 28.2. The summed E-state index contributed by atoms with van der Waals surface area (Å²) in [5, 5.41) is 5.80. The van der Waals surface area contributed by atoms with Crippen LogP contribution in [0.2, 0.25) is 0 Å². The molecule has 8 nitrogen and oxygen atoms in total. The quantitative estimate of drug-likeness (QED) is 0.599. The van der Waals surface area contributed by atoms with E-state index in [0.29, 0.717) is 44.2 Å². The monoisotopic (exact) mass is 378 g/mol. The van der Waals surface area contributed by atoms with E-state index in [0.717, 1.165) is 6.26 Å². The molecule has 140 valence electrons. The number of benzene rings is 1. The molecule has 1 heterocycles. The SMILES string of the molecule is CS(=O)(=O)c1ccc(OCCCC(=O)NCCNc2ncccn2)cc1. The number of carbonyl (C=O) groups is 1. The molecule has 0 aliphatic rings. The number of sulfone groups is 1. The molecule has 0 spiro atoms. The summed E-state index contributed by atoms with van der Waals surface area (Å²) in [5.74, 6) is 1.04. The lowest BCUT2D eigenvalue weighted by Gasteiger charge is -2.08. The van der Waals surface area contributed by atoms with Crippen LogP contribution in [0.25, 0.3) is 0 Å². The first kappa shape index (κ1) is 19.6. The maximum atomic E-state index is 11.7. The third-order valence-electron chi connectivity index (χ3n) is 3.36. The lowest BCUT2D eigenvalue weighted by Crippen LogP contribution is -2.29. The Labute approximate surface area is 152 Å². The lowest BCUT2D eigenvalue weighted by molar-refractivity contribution is -0.121. The van der Waals surface area contributed by atoms with Gasteiger partial charge >= 0.3 is 0 Å². The van der Waals surface area contributed by atoms with Crippen LogP contribution in [0.5, 0.6) is 5.75 Å². The standard InChI is InChI=1S/C17H22N4O4S/c1-26(23,24)15-7-5-14(6-8-15)25-13-2-4-16(22)18-11-12-21-17-19-9-3-10-20-17/h3,5-10H,2,4,11-13H2,1H3,(H,18,22)(H,19,20,21). The van der Waals surface area contributed by atoms with Gasteiger partial charge in [-0.2, -0.15) is 0 Å². The summed E-state index contributed by atoms with van der Waals surface area (Å²) in [6.45, 7) is 1.39. The van der Waals surface area contributed by atoms with Crippen molar-refractivity contribution in [1.29, 1.82) is 0 Å². The van der Waals surface area contributed by atoms with E-state index in [2.05, 4.69) is 20.6 Å². The molecule has 0 aliphatic carbocycles. The number of rotatable bonds is 10. The number of aromatic nitrogens is 2. The van der Waals surface area contributed by atoms with Crippen LogP contribution in [0.1, 0.15) is 12.8 Å². The minimum Gasteiger partial charge on any atom is -0.494 e. The molecule has 1 aromatic heterocycles. The zero-order valence-corrected chi connectivity index (χ0v) is 15.3. The molecule has 2 rings (SSSR count). The van der Waals surface area contributed by atoms with Crippen molar-refractivity contribution < 1.29 is 17.9 Å². The van der Waals surface area contributed by atoms with Crippen LogP contribution < -0.4 is 15.4 Å². The van der Waals surface area contributed by atoms with Crippen molar-refractivity contribution in [1.82, 2.24) is 15.3 Å². The minimum absolute atomic E-state index is 0.0585. The minimum atomic E-state index is -3.21. The number of anilines is 1.